The summed E-state index contributed by atoms with van der Waals surface area (Å²) in [6.45, 7) is 1.66. The van der Waals surface area contributed by atoms with E-state index in [4.69, 9.17) is 5.73 Å². The van der Waals surface area contributed by atoms with E-state index in [0.29, 0.717) is 0 Å². The second-order valence-corrected chi connectivity index (χ2v) is 6.40. The molecular formula is C13H15BrN2S. The molecule has 2 aromatic rings. The highest BCUT2D eigenvalue weighted by Gasteiger charge is 2.04. The first kappa shape index (κ1) is 12.8. The van der Waals surface area contributed by atoms with Crippen LogP contribution in [0.2, 0.25) is 0 Å². The molecule has 0 spiro atoms. The fourth-order valence-corrected chi connectivity index (χ4v) is 3.07. The highest BCUT2D eigenvalue weighted by molar-refractivity contribution is 9.11. The molecule has 1 aromatic heterocycles. The molecule has 0 amide bonds. The summed E-state index contributed by atoms with van der Waals surface area (Å²) in [7, 11) is 0. The highest BCUT2D eigenvalue weighted by atomic mass is 79.9. The Balaban J connectivity index is 1.79. The Morgan fingerprint density at radius 1 is 1.18 bits per heavy atom. The minimum Gasteiger partial charge on any atom is -0.323 e. The quantitative estimate of drug-likeness (QED) is 0.889. The zero-order chi connectivity index (χ0) is 12.1. The summed E-state index contributed by atoms with van der Waals surface area (Å²) in [5, 5.41) is 3.38. The lowest BCUT2D eigenvalue weighted by molar-refractivity contribution is 0.601. The predicted octanol–water partition coefficient (Wildman–Crippen LogP) is 3.30. The lowest BCUT2D eigenvalue weighted by Crippen LogP contribution is -2.26. The average molecular weight is 311 g/mol. The summed E-state index contributed by atoms with van der Waals surface area (Å²) in [6, 6.07) is 14.4. The fraction of sp³-hybridized carbons (Fsp3) is 0.231. The average Bonchev–Trinajstić information content (AvgIpc) is 2.76. The zero-order valence-corrected chi connectivity index (χ0v) is 11.8. The molecular weight excluding hydrogens is 296 g/mol. The Kier molecular flexibility index (Phi) is 4.74. The topological polar surface area (TPSA) is 38.0 Å². The van der Waals surface area contributed by atoms with Crippen molar-refractivity contribution in [2.24, 2.45) is 5.73 Å². The number of benzene rings is 1. The van der Waals surface area contributed by atoms with Gasteiger partial charge < -0.3 is 11.1 Å². The van der Waals surface area contributed by atoms with Gasteiger partial charge in [0.2, 0.25) is 0 Å². The smallest absolute Gasteiger partial charge is 0.0701 e. The second-order valence-electron chi connectivity index (χ2n) is 3.85. The van der Waals surface area contributed by atoms with Gasteiger partial charge in [-0.15, -0.1) is 11.3 Å². The van der Waals surface area contributed by atoms with Crippen molar-refractivity contribution in [2.75, 3.05) is 6.54 Å². The van der Waals surface area contributed by atoms with Crippen molar-refractivity contribution in [2.45, 2.75) is 12.6 Å². The summed E-state index contributed by atoms with van der Waals surface area (Å²) in [5.41, 5.74) is 7.27. The third-order valence-corrected chi connectivity index (χ3v) is 4.14. The van der Waals surface area contributed by atoms with Crippen LogP contribution in [0.3, 0.4) is 0 Å². The number of rotatable bonds is 5. The number of nitrogens with one attached hydrogen (secondary N) is 1. The van der Waals surface area contributed by atoms with Crippen LogP contribution in [0.15, 0.2) is 46.3 Å². The van der Waals surface area contributed by atoms with Crippen molar-refractivity contribution < 1.29 is 0 Å². The largest absolute Gasteiger partial charge is 0.323 e. The molecule has 2 nitrogen and oxygen atoms in total. The van der Waals surface area contributed by atoms with Crippen LogP contribution in [0, 0.1) is 0 Å². The fourth-order valence-electron chi connectivity index (χ4n) is 1.62. The minimum absolute atomic E-state index is 0.0552. The molecule has 0 fully saturated rings. The van der Waals surface area contributed by atoms with Crippen LogP contribution >= 0.6 is 27.3 Å². The van der Waals surface area contributed by atoms with Gasteiger partial charge in [0.15, 0.2) is 0 Å². The Bertz CT molecular complexity index is 455. The summed E-state index contributed by atoms with van der Waals surface area (Å²) < 4.78 is 1.17. The molecule has 0 saturated carbocycles. The maximum Gasteiger partial charge on any atom is 0.0701 e. The van der Waals surface area contributed by atoms with Crippen molar-refractivity contribution in [1.29, 1.82) is 0 Å². The first-order valence-electron chi connectivity index (χ1n) is 5.51. The normalized spacial score (nSPS) is 12.6. The molecule has 0 aliphatic carbocycles. The van der Waals surface area contributed by atoms with Gasteiger partial charge in [0.05, 0.1) is 3.79 Å². The van der Waals surface area contributed by atoms with E-state index in [1.54, 1.807) is 11.3 Å². The summed E-state index contributed by atoms with van der Waals surface area (Å²) in [4.78, 5) is 1.32. The van der Waals surface area contributed by atoms with Crippen molar-refractivity contribution in [3.05, 3.63) is 56.7 Å². The van der Waals surface area contributed by atoms with Crippen molar-refractivity contribution in [1.82, 2.24) is 5.32 Å². The number of thiophene rings is 1. The van der Waals surface area contributed by atoms with E-state index in [-0.39, 0.29) is 6.04 Å². The van der Waals surface area contributed by atoms with E-state index in [2.05, 4.69) is 45.5 Å². The summed E-state index contributed by atoms with van der Waals surface area (Å²) >= 11 is 5.20. The van der Waals surface area contributed by atoms with Gasteiger partial charge in [0.25, 0.3) is 0 Å². The molecule has 2 rings (SSSR count). The molecule has 4 heteroatoms. The maximum absolute atomic E-state index is 6.10. The second kappa shape index (κ2) is 6.31. The maximum atomic E-state index is 6.10. The highest BCUT2D eigenvalue weighted by Crippen LogP contribution is 2.21. The van der Waals surface area contributed by atoms with Crippen molar-refractivity contribution >= 4 is 27.3 Å². The molecule has 17 heavy (non-hydrogen) atoms. The third-order valence-electron chi connectivity index (χ3n) is 2.52. The molecule has 1 atom stereocenters. The Morgan fingerprint density at radius 3 is 2.59 bits per heavy atom. The lowest BCUT2D eigenvalue weighted by atomic mass is 10.1. The van der Waals surface area contributed by atoms with Crippen LogP contribution in [0.4, 0.5) is 0 Å². The van der Waals surface area contributed by atoms with Gasteiger partial charge >= 0.3 is 0 Å². The number of hydrogen-bond donors (Lipinski definition) is 2. The summed E-state index contributed by atoms with van der Waals surface area (Å²) in [5.74, 6) is 0. The van der Waals surface area contributed by atoms with Gasteiger partial charge in [0.1, 0.15) is 0 Å². The molecule has 1 aromatic carbocycles. The molecule has 0 saturated heterocycles. The van der Waals surface area contributed by atoms with Gasteiger partial charge in [-0.1, -0.05) is 30.3 Å². The number of halogens is 1. The van der Waals surface area contributed by atoms with E-state index in [1.165, 1.54) is 14.2 Å². The molecule has 90 valence electrons. The van der Waals surface area contributed by atoms with Crippen LogP contribution in [0.5, 0.6) is 0 Å². The van der Waals surface area contributed by atoms with E-state index in [0.717, 1.165) is 13.1 Å². The molecule has 0 bridgehead atoms. The van der Waals surface area contributed by atoms with Gasteiger partial charge in [-0.2, -0.15) is 0 Å². The molecule has 0 aliphatic heterocycles. The number of nitrogens with two attached hydrogens (primary N) is 1. The minimum atomic E-state index is 0.0552. The SMILES string of the molecule is NC(CNCc1ccc(Br)s1)c1ccccc1. The van der Waals surface area contributed by atoms with Gasteiger partial charge in [-0.3, -0.25) is 0 Å². The standard InChI is InChI=1S/C13H15BrN2S/c14-13-7-6-11(17-13)8-16-9-12(15)10-4-2-1-3-5-10/h1-7,12,16H,8-9,15H2. The van der Waals surface area contributed by atoms with Crippen LogP contribution in [0.1, 0.15) is 16.5 Å². The van der Waals surface area contributed by atoms with E-state index < -0.39 is 0 Å². The Hall–Kier alpha value is -0.680. The lowest BCUT2D eigenvalue weighted by Gasteiger charge is -2.12. The summed E-state index contributed by atoms with van der Waals surface area (Å²) in [6.07, 6.45) is 0. The molecule has 0 radical (unpaired) electrons. The van der Waals surface area contributed by atoms with Crippen LogP contribution in [0.25, 0.3) is 0 Å². The van der Waals surface area contributed by atoms with Crippen molar-refractivity contribution in [3.63, 3.8) is 0 Å². The number of hydrogen-bond acceptors (Lipinski definition) is 3. The third kappa shape index (κ3) is 3.92. The predicted molar refractivity (Wildman–Crippen MR) is 77.1 cm³/mol. The van der Waals surface area contributed by atoms with E-state index >= 15 is 0 Å². The molecule has 1 heterocycles. The molecule has 3 N–H and O–H groups in total. The van der Waals surface area contributed by atoms with Crippen molar-refractivity contribution in [3.8, 4) is 0 Å². The van der Waals surface area contributed by atoms with Gasteiger partial charge in [-0.25, -0.2) is 0 Å². The van der Waals surface area contributed by atoms with E-state index in [1.807, 2.05) is 18.2 Å². The molecule has 0 aliphatic rings. The first-order valence-corrected chi connectivity index (χ1v) is 7.12. The first-order chi connectivity index (χ1) is 8.25. The zero-order valence-electron chi connectivity index (χ0n) is 9.40. The van der Waals surface area contributed by atoms with E-state index in [9.17, 15) is 0 Å². The van der Waals surface area contributed by atoms with Crippen LogP contribution in [-0.2, 0) is 6.54 Å². The van der Waals surface area contributed by atoms with Crippen LogP contribution in [-0.4, -0.2) is 6.54 Å². The van der Waals surface area contributed by atoms with Gasteiger partial charge in [0, 0.05) is 24.0 Å². The van der Waals surface area contributed by atoms with Crippen LogP contribution < -0.4 is 11.1 Å². The monoisotopic (exact) mass is 310 g/mol. The van der Waals surface area contributed by atoms with Gasteiger partial charge in [-0.05, 0) is 33.6 Å². The molecule has 1 unspecified atom stereocenters. The Morgan fingerprint density at radius 2 is 1.94 bits per heavy atom. The Labute approximate surface area is 114 Å².